The Morgan fingerprint density at radius 1 is 1.52 bits per heavy atom. The number of H-pyrrole nitrogens is 1. The van der Waals surface area contributed by atoms with Gasteiger partial charge in [0.05, 0.1) is 17.1 Å². The second kappa shape index (κ2) is 6.89. The monoisotopic (exact) mass is 342 g/mol. The molecular weight excluding hydrogens is 331 g/mol. The molecule has 0 bridgehead atoms. The Bertz CT molecular complexity index is 738. The lowest BCUT2D eigenvalue weighted by atomic mass is 10.2. The highest BCUT2D eigenvalue weighted by Crippen LogP contribution is 2.20. The van der Waals surface area contributed by atoms with Gasteiger partial charge in [-0.25, -0.2) is 0 Å². The van der Waals surface area contributed by atoms with Crippen LogP contribution in [0.2, 0.25) is 10.0 Å². The van der Waals surface area contributed by atoms with Crippen molar-refractivity contribution < 1.29 is 4.79 Å². The first-order valence-electron chi connectivity index (χ1n) is 6.01. The number of halogens is 2. The Morgan fingerprint density at radius 2 is 2.29 bits per heavy atom. The zero-order valence-corrected chi connectivity index (χ0v) is 13.2. The lowest BCUT2D eigenvalue weighted by molar-refractivity contribution is 0.0949. The van der Waals surface area contributed by atoms with Gasteiger partial charge in [0.1, 0.15) is 0 Å². The molecule has 1 aromatic heterocycles. The van der Waals surface area contributed by atoms with E-state index in [2.05, 4.69) is 22.1 Å². The summed E-state index contributed by atoms with van der Waals surface area (Å²) in [6.07, 6.45) is 1.70. The summed E-state index contributed by atoms with van der Waals surface area (Å²) in [4.78, 5) is 12.1. The maximum Gasteiger partial charge on any atom is 0.253 e. The van der Waals surface area contributed by atoms with Crippen LogP contribution in [0.1, 0.15) is 16.2 Å². The summed E-state index contributed by atoms with van der Waals surface area (Å²) >= 11 is 16.9. The van der Waals surface area contributed by atoms with Crippen LogP contribution in [-0.2, 0) is 13.1 Å². The van der Waals surface area contributed by atoms with Gasteiger partial charge in [-0.1, -0.05) is 29.3 Å². The molecule has 0 radical (unpaired) electrons. The fraction of sp³-hybridized carbons (Fsp3) is 0.154. The summed E-state index contributed by atoms with van der Waals surface area (Å²) in [5, 5.41) is 10.3. The van der Waals surface area contributed by atoms with Gasteiger partial charge in [-0.05, 0) is 30.4 Å². The molecule has 2 N–H and O–H groups in total. The quantitative estimate of drug-likeness (QED) is 0.646. The lowest BCUT2D eigenvalue weighted by Crippen LogP contribution is -2.25. The van der Waals surface area contributed by atoms with Crippen molar-refractivity contribution >= 4 is 41.3 Å². The molecule has 0 unspecified atom stereocenters. The second-order valence-corrected chi connectivity index (χ2v) is 5.38. The summed E-state index contributed by atoms with van der Waals surface area (Å²) in [5.41, 5.74) is 0.352. The molecule has 2 rings (SSSR count). The van der Waals surface area contributed by atoms with Crippen molar-refractivity contribution in [3.63, 3.8) is 0 Å². The van der Waals surface area contributed by atoms with Gasteiger partial charge >= 0.3 is 0 Å². The summed E-state index contributed by atoms with van der Waals surface area (Å²) in [6.45, 7) is 4.39. The van der Waals surface area contributed by atoms with Crippen molar-refractivity contribution in [1.82, 2.24) is 20.1 Å². The van der Waals surface area contributed by atoms with E-state index in [9.17, 15) is 4.79 Å². The van der Waals surface area contributed by atoms with Gasteiger partial charge in [-0.2, -0.15) is 5.10 Å². The molecule has 21 heavy (non-hydrogen) atoms. The number of aromatic nitrogens is 3. The summed E-state index contributed by atoms with van der Waals surface area (Å²) in [6, 6.07) is 4.70. The first-order chi connectivity index (χ1) is 10.0. The van der Waals surface area contributed by atoms with E-state index in [1.54, 1.807) is 22.8 Å². The molecule has 0 aliphatic rings. The number of hydrogen-bond donors (Lipinski definition) is 2. The van der Waals surface area contributed by atoms with E-state index >= 15 is 0 Å². The summed E-state index contributed by atoms with van der Waals surface area (Å²) < 4.78 is 2.22. The van der Waals surface area contributed by atoms with Crippen LogP contribution in [0.5, 0.6) is 0 Å². The van der Waals surface area contributed by atoms with Crippen molar-refractivity contribution in [2.45, 2.75) is 13.1 Å². The van der Waals surface area contributed by atoms with Crippen LogP contribution in [0.3, 0.4) is 0 Å². The summed E-state index contributed by atoms with van der Waals surface area (Å²) in [5.74, 6) is 0.300. The van der Waals surface area contributed by atoms with Gasteiger partial charge in [0.2, 0.25) is 0 Å². The molecule has 0 aliphatic carbocycles. The number of amides is 1. The fourth-order valence-electron chi connectivity index (χ4n) is 1.73. The molecule has 2 aromatic rings. The lowest BCUT2D eigenvalue weighted by Gasteiger charge is -2.07. The van der Waals surface area contributed by atoms with Gasteiger partial charge < -0.3 is 5.32 Å². The van der Waals surface area contributed by atoms with E-state index in [4.69, 9.17) is 35.4 Å². The standard InChI is InChI=1S/C13H12Cl2N4OS/c1-2-5-19-11(17-18-13(19)21)7-16-12(20)9-4-3-8(14)6-10(9)15/h2-4,6H,1,5,7H2,(H,16,20)(H,18,21). The zero-order chi connectivity index (χ0) is 15.4. The SMILES string of the molecule is C=CCn1c(CNC(=O)c2ccc(Cl)cc2Cl)n[nH]c1=S. The molecule has 0 fully saturated rings. The molecule has 110 valence electrons. The van der Waals surface area contributed by atoms with Gasteiger partial charge in [0.25, 0.3) is 5.91 Å². The Balaban J connectivity index is 2.11. The maximum absolute atomic E-state index is 12.1. The van der Waals surface area contributed by atoms with E-state index in [0.717, 1.165) is 0 Å². The van der Waals surface area contributed by atoms with Crippen molar-refractivity contribution in [2.24, 2.45) is 0 Å². The molecule has 1 aromatic carbocycles. The molecule has 0 saturated carbocycles. The van der Waals surface area contributed by atoms with Crippen molar-refractivity contribution in [3.8, 4) is 0 Å². The van der Waals surface area contributed by atoms with Gasteiger partial charge in [0.15, 0.2) is 10.6 Å². The Kier molecular flexibility index (Phi) is 5.17. The largest absolute Gasteiger partial charge is 0.345 e. The van der Waals surface area contributed by atoms with E-state index in [-0.39, 0.29) is 12.5 Å². The van der Waals surface area contributed by atoms with Crippen LogP contribution in [0.25, 0.3) is 0 Å². The maximum atomic E-state index is 12.1. The molecule has 1 heterocycles. The first kappa shape index (κ1) is 15.8. The highest BCUT2D eigenvalue weighted by atomic mass is 35.5. The third kappa shape index (κ3) is 3.72. The number of benzene rings is 1. The molecule has 0 aliphatic heterocycles. The smallest absolute Gasteiger partial charge is 0.253 e. The Hall–Kier alpha value is -1.63. The number of hydrogen-bond acceptors (Lipinski definition) is 3. The van der Waals surface area contributed by atoms with Crippen molar-refractivity contribution in [2.75, 3.05) is 0 Å². The molecule has 1 amide bonds. The third-order valence-corrected chi connectivity index (χ3v) is 3.59. The predicted molar refractivity (Wildman–Crippen MR) is 85.2 cm³/mol. The van der Waals surface area contributed by atoms with E-state index in [0.29, 0.717) is 32.7 Å². The number of nitrogens with zero attached hydrogens (tertiary/aromatic N) is 2. The molecule has 8 heteroatoms. The van der Waals surface area contributed by atoms with Crippen LogP contribution in [0.15, 0.2) is 30.9 Å². The first-order valence-corrected chi connectivity index (χ1v) is 7.17. The minimum absolute atomic E-state index is 0.221. The summed E-state index contributed by atoms with van der Waals surface area (Å²) in [7, 11) is 0. The fourth-order valence-corrected chi connectivity index (χ4v) is 2.45. The minimum atomic E-state index is -0.310. The average Bonchev–Trinajstić information content (AvgIpc) is 2.78. The number of rotatable bonds is 5. The van der Waals surface area contributed by atoms with Crippen LogP contribution in [-0.4, -0.2) is 20.7 Å². The Morgan fingerprint density at radius 3 is 2.95 bits per heavy atom. The van der Waals surface area contributed by atoms with Gasteiger partial charge in [-0.3, -0.25) is 14.5 Å². The van der Waals surface area contributed by atoms with Crippen molar-refractivity contribution in [1.29, 1.82) is 0 Å². The van der Waals surface area contributed by atoms with E-state index in [1.807, 2.05) is 0 Å². The van der Waals surface area contributed by atoms with Crippen LogP contribution >= 0.6 is 35.4 Å². The molecule has 5 nitrogen and oxygen atoms in total. The normalized spacial score (nSPS) is 10.4. The van der Waals surface area contributed by atoms with Crippen molar-refractivity contribution in [3.05, 3.63) is 57.1 Å². The number of carbonyl (C=O) groups excluding carboxylic acids is 1. The van der Waals surface area contributed by atoms with E-state index < -0.39 is 0 Å². The highest BCUT2D eigenvalue weighted by Gasteiger charge is 2.12. The molecule has 0 saturated heterocycles. The second-order valence-electron chi connectivity index (χ2n) is 4.15. The van der Waals surface area contributed by atoms with Crippen LogP contribution in [0.4, 0.5) is 0 Å². The average molecular weight is 343 g/mol. The van der Waals surface area contributed by atoms with E-state index in [1.165, 1.54) is 6.07 Å². The molecular formula is C13H12Cl2N4OS. The Labute approximate surface area is 136 Å². The predicted octanol–water partition coefficient (Wildman–Crippen LogP) is 3.36. The van der Waals surface area contributed by atoms with Gasteiger partial charge in [-0.15, -0.1) is 6.58 Å². The minimum Gasteiger partial charge on any atom is -0.345 e. The van der Waals surface area contributed by atoms with Crippen LogP contribution < -0.4 is 5.32 Å². The molecule has 0 spiro atoms. The highest BCUT2D eigenvalue weighted by molar-refractivity contribution is 7.71. The zero-order valence-electron chi connectivity index (χ0n) is 10.9. The number of nitrogens with one attached hydrogen (secondary N) is 2. The van der Waals surface area contributed by atoms with Crippen LogP contribution in [0, 0.1) is 4.77 Å². The number of carbonyl (C=O) groups is 1. The van der Waals surface area contributed by atoms with Gasteiger partial charge in [0, 0.05) is 11.6 Å². The number of aromatic amines is 1. The third-order valence-electron chi connectivity index (χ3n) is 2.73. The molecule has 0 atom stereocenters. The topological polar surface area (TPSA) is 62.7 Å². The number of allylic oxidation sites excluding steroid dienone is 1.